The number of carbonyl (C=O) groups excluding carboxylic acids is 3. The maximum absolute atomic E-state index is 13.2. The highest BCUT2D eigenvalue weighted by Gasteiger charge is 2.40. The van der Waals surface area contributed by atoms with Crippen LogP contribution in [0.5, 0.6) is 0 Å². The van der Waals surface area contributed by atoms with Crippen molar-refractivity contribution >= 4 is 17.7 Å². The van der Waals surface area contributed by atoms with Crippen LogP contribution in [0.3, 0.4) is 0 Å². The van der Waals surface area contributed by atoms with Crippen LogP contribution in [0, 0.1) is 25.7 Å². The van der Waals surface area contributed by atoms with E-state index in [0.29, 0.717) is 35.0 Å². The van der Waals surface area contributed by atoms with E-state index in [0.717, 1.165) is 25.7 Å². The molecular weight excluding hydrogens is 332 g/mol. The fourth-order valence-corrected chi connectivity index (χ4v) is 3.46. The van der Waals surface area contributed by atoms with Gasteiger partial charge < -0.3 is 14.6 Å². The van der Waals surface area contributed by atoms with Gasteiger partial charge in [0.05, 0.1) is 12.6 Å². The Morgan fingerprint density at radius 1 is 1.19 bits per heavy atom. The van der Waals surface area contributed by atoms with Gasteiger partial charge in [-0.15, -0.1) is 0 Å². The summed E-state index contributed by atoms with van der Waals surface area (Å²) in [6, 6.07) is -0.521. The Bertz CT molecular complexity index is 728. The minimum absolute atomic E-state index is 0.0903. The molecule has 3 rings (SSSR count). The number of aryl methyl sites for hydroxylation is 1. The first-order valence-corrected chi connectivity index (χ1v) is 9.56. The van der Waals surface area contributed by atoms with Gasteiger partial charge in [-0.05, 0) is 64.9 Å². The Morgan fingerprint density at radius 2 is 1.85 bits per heavy atom. The monoisotopic (exact) mass is 360 g/mol. The average molecular weight is 360 g/mol. The van der Waals surface area contributed by atoms with Crippen LogP contribution >= 0.6 is 0 Å². The van der Waals surface area contributed by atoms with Gasteiger partial charge in [0.25, 0.3) is 0 Å². The molecule has 1 atom stereocenters. The van der Waals surface area contributed by atoms with Crippen molar-refractivity contribution in [3.05, 3.63) is 22.5 Å². The highest BCUT2D eigenvalue weighted by Crippen LogP contribution is 2.36. The predicted molar refractivity (Wildman–Crippen MR) is 97.2 cm³/mol. The van der Waals surface area contributed by atoms with Gasteiger partial charge in [-0.3, -0.25) is 9.59 Å². The molecular formula is C20H28N2O4. The van der Waals surface area contributed by atoms with Crippen LogP contribution in [0.2, 0.25) is 0 Å². The van der Waals surface area contributed by atoms with E-state index in [1.165, 1.54) is 0 Å². The Balaban J connectivity index is 1.84. The summed E-state index contributed by atoms with van der Waals surface area (Å²) in [5.41, 5.74) is 2.07. The van der Waals surface area contributed by atoms with Gasteiger partial charge in [0.1, 0.15) is 5.69 Å². The lowest BCUT2D eigenvalue weighted by molar-refractivity contribution is -0.134. The van der Waals surface area contributed by atoms with Crippen molar-refractivity contribution in [1.29, 1.82) is 0 Å². The van der Waals surface area contributed by atoms with Gasteiger partial charge in [0.15, 0.2) is 5.78 Å². The van der Waals surface area contributed by atoms with E-state index in [1.54, 1.807) is 32.6 Å². The number of Topliss-reactive ketones (excluding diaryl/α,β-unsaturated/α-hetero) is 1. The highest BCUT2D eigenvalue weighted by molar-refractivity contribution is 6.06. The number of aromatic amines is 1. The molecule has 0 spiro atoms. The molecule has 2 aliphatic carbocycles. The number of nitrogens with zero attached hydrogens (tertiary/aromatic N) is 1. The molecule has 0 radical (unpaired) electrons. The third-order valence-corrected chi connectivity index (χ3v) is 5.37. The number of carbonyl (C=O) groups is 3. The summed E-state index contributed by atoms with van der Waals surface area (Å²) in [5.74, 6) is 0.156. The minimum atomic E-state index is -0.521. The molecule has 0 saturated heterocycles. The first kappa shape index (κ1) is 18.7. The van der Waals surface area contributed by atoms with Crippen molar-refractivity contribution in [3.8, 4) is 0 Å². The summed E-state index contributed by atoms with van der Waals surface area (Å²) in [7, 11) is 0. The van der Waals surface area contributed by atoms with Crippen molar-refractivity contribution in [1.82, 2.24) is 9.88 Å². The molecule has 1 heterocycles. The van der Waals surface area contributed by atoms with Gasteiger partial charge >= 0.3 is 5.97 Å². The third kappa shape index (κ3) is 3.69. The fraction of sp³-hybridized carbons (Fsp3) is 0.650. The summed E-state index contributed by atoms with van der Waals surface area (Å²) < 4.78 is 5.06. The van der Waals surface area contributed by atoms with Gasteiger partial charge in [-0.1, -0.05) is 0 Å². The van der Waals surface area contributed by atoms with E-state index < -0.39 is 12.0 Å². The Hall–Kier alpha value is -2.11. The summed E-state index contributed by atoms with van der Waals surface area (Å²) in [5, 5.41) is 0. The fourth-order valence-electron chi connectivity index (χ4n) is 3.46. The number of ether oxygens (including phenoxy) is 1. The second kappa shape index (κ2) is 7.25. The van der Waals surface area contributed by atoms with Gasteiger partial charge in [-0.2, -0.15) is 0 Å². The van der Waals surface area contributed by atoms with Gasteiger partial charge in [0, 0.05) is 23.7 Å². The van der Waals surface area contributed by atoms with E-state index >= 15 is 0 Å². The summed E-state index contributed by atoms with van der Waals surface area (Å²) in [6.45, 7) is 8.03. The Morgan fingerprint density at radius 3 is 2.38 bits per heavy atom. The molecule has 26 heavy (non-hydrogen) atoms. The number of amides is 1. The topological polar surface area (TPSA) is 79.5 Å². The van der Waals surface area contributed by atoms with Crippen LogP contribution in [-0.4, -0.2) is 46.7 Å². The SMILES string of the molecule is CCOC(=O)c1[nH]c(C)c(C(=O)C(C)N(CC2CC2)C(=O)C2CC2)c1C. The molecule has 1 aromatic heterocycles. The molecule has 0 aliphatic heterocycles. The van der Waals surface area contributed by atoms with E-state index in [1.807, 2.05) is 0 Å². The van der Waals surface area contributed by atoms with Crippen LogP contribution in [0.4, 0.5) is 0 Å². The first-order chi connectivity index (χ1) is 12.3. The van der Waals surface area contributed by atoms with E-state index in [2.05, 4.69) is 4.98 Å². The number of esters is 1. The van der Waals surface area contributed by atoms with Crippen LogP contribution in [0.25, 0.3) is 0 Å². The molecule has 2 saturated carbocycles. The molecule has 142 valence electrons. The van der Waals surface area contributed by atoms with E-state index in [-0.39, 0.29) is 24.2 Å². The molecule has 0 aromatic carbocycles. The lowest BCUT2D eigenvalue weighted by Crippen LogP contribution is -2.45. The number of hydrogen-bond acceptors (Lipinski definition) is 4. The number of aromatic nitrogens is 1. The number of rotatable bonds is 8. The summed E-state index contributed by atoms with van der Waals surface area (Å²) in [6.07, 6.45) is 4.11. The number of ketones is 1. The molecule has 6 nitrogen and oxygen atoms in total. The van der Waals surface area contributed by atoms with Crippen molar-refractivity contribution in [2.24, 2.45) is 11.8 Å². The second-order valence-corrected chi connectivity index (χ2v) is 7.59. The van der Waals surface area contributed by atoms with Gasteiger partial charge in [0.2, 0.25) is 5.91 Å². The van der Waals surface area contributed by atoms with Gasteiger partial charge in [-0.25, -0.2) is 4.79 Å². The molecule has 0 bridgehead atoms. The lowest BCUT2D eigenvalue weighted by Gasteiger charge is -2.29. The van der Waals surface area contributed by atoms with Crippen LogP contribution < -0.4 is 0 Å². The standard InChI is InChI=1S/C20H28N2O4/c1-5-26-20(25)17-11(2)16(12(3)21-17)18(23)13(4)22(10-14-6-7-14)19(24)15-8-9-15/h13-15,21H,5-10H2,1-4H3. The maximum atomic E-state index is 13.2. The molecule has 2 fully saturated rings. The molecule has 1 amide bonds. The zero-order valence-electron chi connectivity index (χ0n) is 16.1. The quantitative estimate of drug-likeness (QED) is 0.571. The summed E-state index contributed by atoms with van der Waals surface area (Å²) in [4.78, 5) is 42.8. The smallest absolute Gasteiger partial charge is 0.355 e. The summed E-state index contributed by atoms with van der Waals surface area (Å²) >= 11 is 0. The van der Waals surface area contributed by atoms with Crippen LogP contribution in [0.1, 0.15) is 71.6 Å². The molecule has 1 aromatic rings. The normalized spacial score (nSPS) is 17.7. The van der Waals surface area contributed by atoms with E-state index in [9.17, 15) is 14.4 Å². The first-order valence-electron chi connectivity index (χ1n) is 9.56. The maximum Gasteiger partial charge on any atom is 0.355 e. The number of nitrogens with one attached hydrogen (secondary N) is 1. The second-order valence-electron chi connectivity index (χ2n) is 7.59. The van der Waals surface area contributed by atoms with Crippen molar-refractivity contribution in [3.63, 3.8) is 0 Å². The third-order valence-electron chi connectivity index (χ3n) is 5.37. The number of H-pyrrole nitrogens is 1. The zero-order chi connectivity index (χ0) is 19.0. The minimum Gasteiger partial charge on any atom is -0.461 e. The largest absolute Gasteiger partial charge is 0.461 e. The van der Waals surface area contributed by atoms with Crippen LogP contribution in [0.15, 0.2) is 0 Å². The van der Waals surface area contributed by atoms with Crippen LogP contribution in [-0.2, 0) is 9.53 Å². The van der Waals surface area contributed by atoms with E-state index in [4.69, 9.17) is 4.74 Å². The molecule has 1 unspecified atom stereocenters. The Kier molecular flexibility index (Phi) is 5.21. The molecule has 2 aliphatic rings. The molecule has 6 heteroatoms. The zero-order valence-corrected chi connectivity index (χ0v) is 16.1. The average Bonchev–Trinajstić information content (AvgIpc) is 3.50. The van der Waals surface area contributed by atoms with Crippen molar-refractivity contribution in [2.75, 3.05) is 13.2 Å². The Labute approximate surface area is 154 Å². The number of hydrogen-bond donors (Lipinski definition) is 1. The predicted octanol–water partition coefficient (Wildman–Crippen LogP) is 3.03. The molecule has 1 N–H and O–H groups in total. The highest BCUT2D eigenvalue weighted by atomic mass is 16.5. The van der Waals surface area contributed by atoms with Crippen molar-refractivity contribution in [2.45, 2.75) is 59.4 Å². The lowest BCUT2D eigenvalue weighted by atomic mass is 9.99. The van der Waals surface area contributed by atoms with Crippen molar-refractivity contribution < 1.29 is 19.1 Å².